The molecule has 1 rings (SSSR count). The molecule has 1 atom stereocenters. The molecule has 4 nitrogen and oxygen atoms in total. The van der Waals surface area contributed by atoms with E-state index in [-0.39, 0.29) is 24.6 Å². The van der Waals surface area contributed by atoms with Crippen molar-refractivity contribution < 1.29 is 19.1 Å². The van der Waals surface area contributed by atoms with Crippen molar-refractivity contribution in [3.05, 3.63) is 35.6 Å². The summed E-state index contributed by atoms with van der Waals surface area (Å²) >= 11 is 0. The summed E-state index contributed by atoms with van der Waals surface area (Å²) in [5.41, 5.74) is 0.704. The summed E-state index contributed by atoms with van der Waals surface area (Å²) in [7, 11) is 3.16. The van der Waals surface area contributed by atoms with Gasteiger partial charge in [0.2, 0.25) is 5.91 Å². The summed E-state index contributed by atoms with van der Waals surface area (Å²) in [5, 5.41) is 9.08. The summed E-state index contributed by atoms with van der Waals surface area (Å²) in [4.78, 5) is 24.0. The molecular formula is C13H16FNO3. The van der Waals surface area contributed by atoms with E-state index in [1.165, 1.54) is 29.2 Å². The van der Waals surface area contributed by atoms with Crippen LogP contribution in [0.2, 0.25) is 0 Å². The standard InChI is InChI=1S/C13H16FNO3/c1-15(2)12(16)8-10(13(17)18)7-9-3-5-11(14)6-4-9/h3-6,10H,7-8H2,1-2H3,(H,17,18). The smallest absolute Gasteiger partial charge is 0.307 e. The number of carboxylic acids is 1. The zero-order chi connectivity index (χ0) is 13.7. The minimum atomic E-state index is -1.02. The average molecular weight is 253 g/mol. The summed E-state index contributed by atoms with van der Waals surface area (Å²) in [6.07, 6.45) is 0.162. The lowest BCUT2D eigenvalue weighted by atomic mass is 9.96. The summed E-state index contributed by atoms with van der Waals surface area (Å²) < 4.78 is 12.7. The second-order valence-corrected chi connectivity index (χ2v) is 4.36. The molecule has 18 heavy (non-hydrogen) atoms. The van der Waals surface area contributed by atoms with E-state index < -0.39 is 11.9 Å². The van der Waals surface area contributed by atoms with Gasteiger partial charge < -0.3 is 10.0 Å². The van der Waals surface area contributed by atoms with Crippen molar-refractivity contribution in [2.45, 2.75) is 12.8 Å². The van der Waals surface area contributed by atoms with Crippen LogP contribution in [0, 0.1) is 11.7 Å². The number of benzene rings is 1. The zero-order valence-electron chi connectivity index (χ0n) is 10.4. The van der Waals surface area contributed by atoms with Crippen molar-refractivity contribution in [1.82, 2.24) is 4.90 Å². The number of aliphatic carboxylic acids is 1. The monoisotopic (exact) mass is 253 g/mol. The maximum absolute atomic E-state index is 12.7. The molecule has 1 unspecified atom stereocenters. The number of nitrogens with zero attached hydrogens (tertiary/aromatic N) is 1. The molecule has 0 saturated heterocycles. The first-order valence-corrected chi connectivity index (χ1v) is 5.57. The molecule has 0 aliphatic carbocycles. The van der Waals surface area contributed by atoms with Crippen molar-refractivity contribution in [2.24, 2.45) is 5.92 Å². The van der Waals surface area contributed by atoms with Gasteiger partial charge in [-0.2, -0.15) is 0 Å². The number of halogens is 1. The van der Waals surface area contributed by atoms with Gasteiger partial charge in [0.25, 0.3) is 0 Å². The highest BCUT2D eigenvalue weighted by Crippen LogP contribution is 2.14. The molecule has 5 heteroatoms. The Kier molecular flexibility index (Phi) is 4.83. The Morgan fingerprint density at radius 3 is 2.28 bits per heavy atom. The van der Waals surface area contributed by atoms with E-state index in [0.29, 0.717) is 5.56 Å². The molecule has 1 amide bonds. The van der Waals surface area contributed by atoms with Gasteiger partial charge in [-0.25, -0.2) is 4.39 Å². The van der Waals surface area contributed by atoms with E-state index in [0.717, 1.165) is 0 Å². The van der Waals surface area contributed by atoms with Crippen LogP contribution in [0.5, 0.6) is 0 Å². The molecule has 0 bridgehead atoms. The van der Waals surface area contributed by atoms with Crippen LogP contribution in [0.25, 0.3) is 0 Å². The fourth-order valence-electron chi connectivity index (χ4n) is 1.55. The summed E-state index contributed by atoms with van der Waals surface area (Å²) in [6, 6.07) is 5.63. The Morgan fingerprint density at radius 2 is 1.83 bits per heavy atom. The van der Waals surface area contributed by atoms with Crippen LogP contribution >= 0.6 is 0 Å². The van der Waals surface area contributed by atoms with Crippen LogP contribution in [0.15, 0.2) is 24.3 Å². The molecule has 0 fully saturated rings. The number of amides is 1. The van der Waals surface area contributed by atoms with Crippen molar-refractivity contribution in [2.75, 3.05) is 14.1 Å². The van der Waals surface area contributed by atoms with Gasteiger partial charge in [0, 0.05) is 20.5 Å². The second-order valence-electron chi connectivity index (χ2n) is 4.36. The van der Waals surface area contributed by atoms with Crippen LogP contribution in [-0.2, 0) is 16.0 Å². The van der Waals surface area contributed by atoms with Gasteiger partial charge in [-0.15, -0.1) is 0 Å². The van der Waals surface area contributed by atoms with Gasteiger partial charge >= 0.3 is 5.97 Å². The molecule has 0 spiro atoms. The zero-order valence-corrected chi connectivity index (χ0v) is 10.4. The molecule has 1 aromatic rings. The highest BCUT2D eigenvalue weighted by atomic mass is 19.1. The SMILES string of the molecule is CN(C)C(=O)CC(Cc1ccc(F)cc1)C(=O)O. The van der Waals surface area contributed by atoms with Crippen LogP contribution in [0.4, 0.5) is 4.39 Å². The molecule has 1 aromatic carbocycles. The molecule has 1 N–H and O–H groups in total. The molecule has 98 valence electrons. The van der Waals surface area contributed by atoms with Crippen molar-refractivity contribution in [3.8, 4) is 0 Å². The topological polar surface area (TPSA) is 57.6 Å². The molecular weight excluding hydrogens is 237 g/mol. The fraction of sp³-hybridized carbons (Fsp3) is 0.385. The van der Waals surface area contributed by atoms with Crippen LogP contribution < -0.4 is 0 Å². The van der Waals surface area contributed by atoms with Crippen LogP contribution in [-0.4, -0.2) is 36.0 Å². The second kappa shape index (κ2) is 6.14. The fourth-order valence-corrected chi connectivity index (χ4v) is 1.55. The van der Waals surface area contributed by atoms with Crippen molar-refractivity contribution >= 4 is 11.9 Å². The largest absolute Gasteiger partial charge is 0.481 e. The minimum Gasteiger partial charge on any atom is -0.481 e. The third kappa shape index (κ3) is 4.16. The average Bonchev–Trinajstić information content (AvgIpc) is 2.30. The van der Waals surface area contributed by atoms with Crippen LogP contribution in [0.1, 0.15) is 12.0 Å². The molecule has 0 heterocycles. The predicted octanol–water partition coefficient (Wildman–Crippen LogP) is 1.55. The molecule has 0 aromatic heterocycles. The van der Waals surface area contributed by atoms with E-state index in [1.807, 2.05) is 0 Å². The van der Waals surface area contributed by atoms with E-state index in [2.05, 4.69) is 0 Å². The van der Waals surface area contributed by atoms with E-state index in [4.69, 9.17) is 5.11 Å². The first-order chi connectivity index (χ1) is 8.40. The number of hydrogen-bond donors (Lipinski definition) is 1. The van der Waals surface area contributed by atoms with Crippen molar-refractivity contribution in [3.63, 3.8) is 0 Å². The van der Waals surface area contributed by atoms with Gasteiger partial charge in [0.15, 0.2) is 0 Å². The predicted molar refractivity (Wildman–Crippen MR) is 64.5 cm³/mol. The summed E-state index contributed by atoms with van der Waals surface area (Å²) in [5.74, 6) is -2.40. The number of carbonyl (C=O) groups excluding carboxylic acids is 1. The highest BCUT2D eigenvalue weighted by Gasteiger charge is 2.22. The summed E-state index contributed by atoms with van der Waals surface area (Å²) in [6.45, 7) is 0. The van der Waals surface area contributed by atoms with Gasteiger partial charge in [-0.3, -0.25) is 9.59 Å². The maximum Gasteiger partial charge on any atom is 0.307 e. The molecule has 0 aliphatic rings. The highest BCUT2D eigenvalue weighted by molar-refractivity contribution is 5.82. The first-order valence-electron chi connectivity index (χ1n) is 5.57. The Hall–Kier alpha value is -1.91. The third-order valence-electron chi connectivity index (χ3n) is 2.66. The van der Waals surface area contributed by atoms with Crippen molar-refractivity contribution in [1.29, 1.82) is 0 Å². The lowest BCUT2D eigenvalue weighted by Gasteiger charge is -2.15. The Labute approximate surface area is 105 Å². The van der Waals surface area contributed by atoms with E-state index in [1.54, 1.807) is 14.1 Å². The molecule has 0 radical (unpaired) electrons. The van der Waals surface area contributed by atoms with Gasteiger partial charge in [0.05, 0.1) is 5.92 Å². The number of carbonyl (C=O) groups is 2. The Morgan fingerprint density at radius 1 is 1.28 bits per heavy atom. The lowest BCUT2D eigenvalue weighted by Crippen LogP contribution is -2.28. The normalized spacial score (nSPS) is 11.9. The number of rotatable bonds is 5. The minimum absolute atomic E-state index is 0.0558. The quantitative estimate of drug-likeness (QED) is 0.866. The number of carboxylic acid groups (broad SMARTS) is 1. The van der Waals surface area contributed by atoms with Gasteiger partial charge in [0.1, 0.15) is 5.82 Å². The van der Waals surface area contributed by atoms with Gasteiger partial charge in [-0.05, 0) is 24.1 Å². The van der Waals surface area contributed by atoms with Crippen LogP contribution in [0.3, 0.4) is 0 Å². The maximum atomic E-state index is 12.7. The lowest BCUT2D eigenvalue weighted by molar-refractivity contribution is -0.145. The third-order valence-corrected chi connectivity index (χ3v) is 2.66. The molecule has 0 saturated carbocycles. The van der Waals surface area contributed by atoms with E-state index in [9.17, 15) is 14.0 Å². The Bertz CT molecular complexity index is 428. The number of hydrogen-bond acceptors (Lipinski definition) is 2. The van der Waals surface area contributed by atoms with E-state index >= 15 is 0 Å². The first kappa shape index (κ1) is 14.2. The van der Waals surface area contributed by atoms with Gasteiger partial charge in [-0.1, -0.05) is 12.1 Å². The Balaban J connectivity index is 2.72. The molecule has 0 aliphatic heterocycles.